The molecule has 0 aliphatic carbocycles. The second-order valence-corrected chi connectivity index (χ2v) is 10.5. The quantitative estimate of drug-likeness (QED) is 0.223. The lowest BCUT2D eigenvalue weighted by atomic mass is 9.97. The van der Waals surface area contributed by atoms with Crippen LogP contribution in [0.2, 0.25) is 5.02 Å². The SMILES string of the molecule is CN1CCCC1C=CC(=O)Nc1ccc2ncnc(Nc3cccc(Cl)c3F)c2c1-c1ccc2ccn(C)c2c1. The summed E-state index contributed by atoms with van der Waals surface area (Å²) in [7, 11) is 4.05. The topological polar surface area (TPSA) is 75.1 Å². The number of aryl methyl sites for hydroxylation is 1. The Morgan fingerprint density at radius 1 is 1.10 bits per heavy atom. The van der Waals surface area contributed by atoms with Crippen LogP contribution < -0.4 is 10.6 Å². The van der Waals surface area contributed by atoms with E-state index in [4.69, 9.17) is 11.6 Å². The summed E-state index contributed by atoms with van der Waals surface area (Å²) < 4.78 is 16.9. The average molecular weight is 555 g/mol. The molecule has 1 amide bonds. The van der Waals surface area contributed by atoms with Crippen LogP contribution in [-0.2, 0) is 11.8 Å². The number of aromatic nitrogens is 3. The van der Waals surface area contributed by atoms with Crippen molar-refractivity contribution in [2.75, 3.05) is 24.2 Å². The largest absolute Gasteiger partial charge is 0.351 e. The number of hydrogen-bond acceptors (Lipinski definition) is 5. The zero-order valence-electron chi connectivity index (χ0n) is 22.2. The van der Waals surface area contributed by atoms with E-state index in [-0.39, 0.29) is 22.7 Å². The van der Waals surface area contributed by atoms with Crippen molar-refractivity contribution in [3.63, 3.8) is 0 Å². The molecular formula is C31H28ClFN6O. The number of nitrogens with zero attached hydrogens (tertiary/aromatic N) is 4. The van der Waals surface area contributed by atoms with Crippen molar-refractivity contribution in [2.24, 2.45) is 7.05 Å². The molecule has 3 aromatic carbocycles. The predicted octanol–water partition coefficient (Wildman–Crippen LogP) is 6.91. The lowest BCUT2D eigenvalue weighted by Gasteiger charge is -2.18. The van der Waals surface area contributed by atoms with Gasteiger partial charge in [-0.1, -0.05) is 35.9 Å². The van der Waals surface area contributed by atoms with Crippen molar-refractivity contribution in [1.82, 2.24) is 19.4 Å². The van der Waals surface area contributed by atoms with Crippen LogP contribution in [0, 0.1) is 5.82 Å². The zero-order valence-corrected chi connectivity index (χ0v) is 22.9. The third-order valence-corrected chi connectivity index (χ3v) is 7.78. The Kier molecular flexibility index (Phi) is 6.96. The number of hydrogen-bond donors (Lipinski definition) is 2. The molecule has 0 bridgehead atoms. The van der Waals surface area contributed by atoms with Crippen molar-refractivity contribution >= 4 is 56.5 Å². The number of carbonyl (C=O) groups is 1. The Morgan fingerprint density at radius 3 is 2.80 bits per heavy atom. The Labute approximate surface area is 236 Å². The molecule has 1 aliphatic heterocycles. The molecule has 7 nitrogen and oxygen atoms in total. The first kappa shape index (κ1) is 26.0. The minimum atomic E-state index is -0.575. The molecule has 1 unspecified atom stereocenters. The van der Waals surface area contributed by atoms with E-state index in [1.165, 1.54) is 12.4 Å². The fourth-order valence-corrected chi connectivity index (χ4v) is 5.52. The Bertz CT molecular complexity index is 1780. The highest BCUT2D eigenvalue weighted by atomic mass is 35.5. The van der Waals surface area contributed by atoms with E-state index in [1.807, 2.05) is 54.2 Å². The summed E-state index contributed by atoms with van der Waals surface area (Å²) in [6.07, 6.45) is 9.14. The number of likely N-dealkylation sites (N-methyl/N-ethyl adjacent to an activating group) is 1. The van der Waals surface area contributed by atoms with Crippen LogP contribution in [0.15, 0.2) is 79.3 Å². The summed E-state index contributed by atoms with van der Waals surface area (Å²) >= 11 is 6.05. The summed E-state index contributed by atoms with van der Waals surface area (Å²) in [6, 6.07) is 16.8. The zero-order chi connectivity index (χ0) is 27.8. The Hall–Kier alpha value is -4.27. The molecule has 2 aromatic heterocycles. The van der Waals surface area contributed by atoms with Gasteiger partial charge in [0.15, 0.2) is 5.82 Å². The molecule has 202 valence electrons. The maximum absolute atomic E-state index is 14.9. The minimum absolute atomic E-state index is 0.00499. The van der Waals surface area contributed by atoms with Gasteiger partial charge in [0.25, 0.3) is 0 Å². The monoisotopic (exact) mass is 554 g/mol. The van der Waals surface area contributed by atoms with Crippen LogP contribution in [0.25, 0.3) is 32.9 Å². The van der Waals surface area contributed by atoms with E-state index in [0.29, 0.717) is 22.4 Å². The third-order valence-electron chi connectivity index (χ3n) is 7.49. The second kappa shape index (κ2) is 10.7. The van der Waals surface area contributed by atoms with Gasteiger partial charge in [-0.2, -0.15) is 0 Å². The first-order valence-corrected chi connectivity index (χ1v) is 13.5. The van der Waals surface area contributed by atoms with Gasteiger partial charge in [0.1, 0.15) is 12.1 Å². The van der Waals surface area contributed by atoms with E-state index in [2.05, 4.69) is 38.6 Å². The molecule has 0 saturated carbocycles. The van der Waals surface area contributed by atoms with Crippen molar-refractivity contribution in [3.8, 4) is 11.1 Å². The van der Waals surface area contributed by atoms with E-state index < -0.39 is 5.82 Å². The lowest BCUT2D eigenvalue weighted by Crippen LogP contribution is -2.23. The normalized spacial score (nSPS) is 15.8. The van der Waals surface area contributed by atoms with Crippen LogP contribution in [0.5, 0.6) is 0 Å². The van der Waals surface area contributed by atoms with E-state index in [9.17, 15) is 9.18 Å². The van der Waals surface area contributed by atoms with Crippen LogP contribution in [-0.4, -0.2) is 45.0 Å². The molecule has 1 aliphatic rings. The molecule has 2 N–H and O–H groups in total. The molecule has 40 heavy (non-hydrogen) atoms. The summed E-state index contributed by atoms with van der Waals surface area (Å²) in [5.41, 5.74) is 4.05. The first-order chi connectivity index (χ1) is 19.4. The average Bonchev–Trinajstić information content (AvgIpc) is 3.54. The Balaban J connectivity index is 1.50. The number of likely N-dealkylation sites (tertiary alicyclic amines) is 1. The number of carbonyl (C=O) groups excluding carboxylic acids is 1. The number of rotatable bonds is 6. The van der Waals surface area contributed by atoms with Crippen LogP contribution in [0.4, 0.5) is 21.6 Å². The maximum atomic E-state index is 14.9. The van der Waals surface area contributed by atoms with Gasteiger partial charge in [-0.25, -0.2) is 14.4 Å². The van der Waals surface area contributed by atoms with Crippen LogP contribution in [0.3, 0.4) is 0 Å². The van der Waals surface area contributed by atoms with Gasteiger partial charge >= 0.3 is 0 Å². The molecule has 1 fully saturated rings. The smallest absolute Gasteiger partial charge is 0.248 e. The third kappa shape index (κ3) is 4.92. The first-order valence-electron chi connectivity index (χ1n) is 13.1. The highest BCUT2D eigenvalue weighted by Crippen LogP contribution is 2.40. The van der Waals surface area contributed by atoms with Gasteiger partial charge < -0.3 is 15.2 Å². The fraction of sp³-hybridized carbons (Fsp3) is 0.194. The molecule has 1 saturated heterocycles. The van der Waals surface area contributed by atoms with E-state index in [0.717, 1.165) is 41.4 Å². The number of amides is 1. The second-order valence-electron chi connectivity index (χ2n) is 10.1. The van der Waals surface area contributed by atoms with Crippen molar-refractivity contribution in [3.05, 3.63) is 90.1 Å². The summed E-state index contributed by atoms with van der Waals surface area (Å²) in [5.74, 6) is -0.408. The highest BCUT2D eigenvalue weighted by molar-refractivity contribution is 6.31. The molecule has 1 atom stereocenters. The minimum Gasteiger partial charge on any atom is -0.351 e. The standard InChI is InChI=1S/C31H28ClFN6O/c1-38-15-4-5-21(38)10-13-27(40)36-24-12-11-23-29(28(24)20-9-8-19-14-16-39(2)26(19)17-20)31(35-18-34-23)37-25-7-3-6-22(32)30(25)33/h3,6-14,16-18,21H,4-5,15H2,1-2H3,(H,36,40)(H,34,35,37). The van der Waals surface area contributed by atoms with E-state index >= 15 is 0 Å². The molecule has 6 rings (SSSR count). The lowest BCUT2D eigenvalue weighted by molar-refractivity contribution is -0.111. The summed E-state index contributed by atoms with van der Waals surface area (Å²) in [6.45, 7) is 1.02. The van der Waals surface area contributed by atoms with Gasteiger partial charge in [0.05, 0.1) is 21.6 Å². The molecule has 0 radical (unpaired) electrons. The number of fused-ring (bicyclic) bond motifs is 2. The van der Waals surface area contributed by atoms with Gasteiger partial charge in [0.2, 0.25) is 5.91 Å². The number of halogens is 2. The predicted molar refractivity (Wildman–Crippen MR) is 160 cm³/mol. The molecule has 0 spiro atoms. The summed E-state index contributed by atoms with van der Waals surface area (Å²) in [4.78, 5) is 24.4. The van der Waals surface area contributed by atoms with Crippen LogP contribution >= 0.6 is 11.6 Å². The number of anilines is 3. The molecule has 5 aromatic rings. The number of benzene rings is 3. The fourth-order valence-electron chi connectivity index (χ4n) is 5.35. The van der Waals surface area contributed by atoms with Gasteiger partial charge in [-0.05, 0) is 73.8 Å². The number of nitrogens with one attached hydrogen (secondary N) is 2. The van der Waals surface area contributed by atoms with Crippen molar-refractivity contribution in [1.29, 1.82) is 0 Å². The maximum Gasteiger partial charge on any atom is 0.248 e. The van der Waals surface area contributed by atoms with Gasteiger partial charge in [-0.15, -0.1) is 0 Å². The Morgan fingerprint density at radius 2 is 1.98 bits per heavy atom. The van der Waals surface area contributed by atoms with E-state index in [1.54, 1.807) is 18.2 Å². The highest BCUT2D eigenvalue weighted by Gasteiger charge is 2.20. The molecular weight excluding hydrogens is 527 g/mol. The van der Waals surface area contributed by atoms with Crippen molar-refractivity contribution in [2.45, 2.75) is 18.9 Å². The van der Waals surface area contributed by atoms with Crippen molar-refractivity contribution < 1.29 is 9.18 Å². The molecule has 9 heteroatoms. The summed E-state index contributed by atoms with van der Waals surface area (Å²) in [5, 5.41) is 7.93. The molecule has 3 heterocycles. The van der Waals surface area contributed by atoms with Gasteiger partial charge in [0, 0.05) is 42.1 Å². The van der Waals surface area contributed by atoms with Crippen LogP contribution in [0.1, 0.15) is 12.8 Å². The van der Waals surface area contributed by atoms with Gasteiger partial charge in [-0.3, -0.25) is 9.69 Å².